The molecule has 0 aliphatic carbocycles. The Bertz CT molecular complexity index is 514. The van der Waals surface area contributed by atoms with Gasteiger partial charge in [0.05, 0.1) is 6.04 Å². The summed E-state index contributed by atoms with van der Waals surface area (Å²) in [4.78, 5) is 14.0. The molecule has 2 rings (SSSR count). The van der Waals surface area contributed by atoms with Crippen LogP contribution in [0.2, 0.25) is 0 Å². The number of likely N-dealkylation sites (N-methyl/N-ethyl adjacent to an activating group) is 1. The third kappa shape index (κ3) is 4.06. The van der Waals surface area contributed by atoms with Crippen LogP contribution >= 0.6 is 0 Å². The van der Waals surface area contributed by atoms with Crippen molar-refractivity contribution < 1.29 is 14.3 Å². The molecule has 0 saturated heterocycles. The molecule has 1 aliphatic heterocycles. The molecule has 5 nitrogen and oxygen atoms in total. The number of benzene rings is 1. The quantitative estimate of drug-likeness (QED) is 0.832. The van der Waals surface area contributed by atoms with Gasteiger partial charge < -0.3 is 19.7 Å². The maximum atomic E-state index is 12.1. The minimum Gasteiger partial charge on any atom is -0.490 e. The molecule has 5 heteroatoms. The average molecular weight is 290 g/mol. The van der Waals surface area contributed by atoms with E-state index in [0.717, 1.165) is 17.9 Å². The van der Waals surface area contributed by atoms with Crippen LogP contribution in [0.1, 0.15) is 11.6 Å². The first kappa shape index (κ1) is 15.5. The van der Waals surface area contributed by atoms with Gasteiger partial charge >= 0.3 is 0 Å². The maximum Gasteiger partial charge on any atom is 0.244 e. The Morgan fingerprint density at radius 2 is 2.24 bits per heavy atom. The second-order valence-electron chi connectivity index (χ2n) is 5.27. The average Bonchev–Trinajstić information content (AvgIpc) is 2.47. The molecule has 21 heavy (non-hydrogen) atoms. The Balaban J connectivity index is 2.09. The van der Waals surface area contributed by atoms with Gasteiger partial charge in [0.2, 0.25) is 5.91 Å². The Hall–Kier alpha value is -1.85. The third-order valence-electron chi connectivity index (χ3n) is 3.37. The highest BCUT2D eigenvalue weighted by atomic mass is 16.5. The lowest BCUT2D eigenvalue weighted by atomic mass is 9.98. The molecule has 1 heterocycles. The van der Waals surface area contributed by atoms with Gasteiger partial charge in [-0.05, 0) is 20.2 Å². The van der Waals surface area contributed by atoms with Crippen LogP contribution in [0.25, 0.3) is 0 Å². The number of carbonyl (C=O) groups excluding carboxylic acids is 1. The minimum atomic E-state index is -0.198. The fourth-order valence-electron chi connectivity index (χ4n) is 2.28. The summed E-state index contributed by atoms with van der Waals surface area (Å²) >= 11 is 0. The monoisotopic (exact) mass is 290 g/mol. The van der Waals surface area contributed by atoms with Gasteiger partial charge in [0.25, 0.3) is 0 Å². The molecule has 1 amide bonds. The van der Waals surface area contributed by atoms with Gasteiger partial charge in [-0.3, -0.25) is 4.79 Å². The van der Waals surface area contributed by atoms with Crippen LogP contribution in [0.15, 0.2) is 36.4 Å². The summed E-state index contributed by atoms with van der Waals surface area (Å²) in [6.45, 7) is 1.16. The molecule has 0 saturated carbocycles. The number of hydrogen-bond acceptors (Lipinski definition) is 4. The zero-order valence-electron chi connectivity index (χ0n) is 12.7. The summed E-state index contributed by atoms with van der Waals surface area (Å²) in [6, 6.07) is 7.51. The lowest BCUT2D eigenvalue weighted by Gasteiger charge is -2.32. The lowest BCUT2D eigenvalue weighted by Crippen LogP contribution is -2.42. The standard InChI is InChI=1S/C16H22N2O3/c1-18(2)10-6-9-15(19)17-16-12-7-4-5-8-13(12)21-11-14(16)20-3/h4-9,14,16H,10-11H2,1-3H3,(H,17,19)/b9-6+. The number of methoxy groups -OCH3 is 1. The SMILES string of the molecule is COC1COc2ccccc2C1NC(=O)/C=C/CN(C)C. The summed E-state index contributed by atoms with van der Waals surface area (Å²) in [6.07, 6.45) is 3.21. The first-order chi connectivity index (χ1) is 10.1. The predicted octanol–water partition coefficient (Wildman–Crippen LogP) is 1.37. The van der Waals surface area contributed by atoms with Crippen molar-refractivity contribution in [3.8, 4) is 5.75 Å². The van der Waals surface area contributed by atoms with Crippen molar-refractivity contribution in [2.75, 3.05) is 34.4 Å². The highest BCUT2D eigenvalue weighted by Gasteiger charge is 2.31. The molecule has 1 aliphatic rings. The van der Waals surface area contributed by atoms with E-state index in [0.29, 0.717) is 6.61 Å². The highest BCUT2D eigenvalue weighted by Crippen LogP contribution is 2.32. The molecule has 0 fully saturated rings. The number of para-hydroxylation sites is 1. The Morgan fingerprint density at radius 1 is 1.48 bits per heavy atom. The lowest BCUT2D eigenvalue weighted by molar-refractivity contribution is -0.118. The number of amides is 1. The first-order valence-corrected chi connectivity index (χ1v) is 6.98. The predicted molar refractivity (Wildman–Crippen MR) is 81.3 cm³/mol. The number of ether oxygens (including phenoxy) is 2. The number of hydrogen-bond donors (Lipinski definition) is 1. The van der Waals surface area contributed by atoms with E-state index in [-0.39, 0.29) is 18.1 Å². The van der Waals surface area contributed by atoms with E-state index in [4.69, 9.17) is 9.47 Å². The van der Waals surface area contributed by atoms with Crippen LogP contribution in [0.3, 0.4) is 0 Å². The summed E-state index contributed by atoms with van der Waals surface area (Å²) in [7, 11) is 5.54. The number of nitrogens with one attached hydrogen (secondary N) is 1. The van der Waals surface area contributed by atoms with E-state index in [9.17, 15) is 4.79 Å². The second-order valence-corrected chi connectivity index (χ2v) is 5.27. The fraction of sp³-hybridized carbons (Fsp3) is 0.438. The van der Waals surface area contributed by atoms with Gasteiger partial charge in [0.1, 0.15) is 18.5 Å². The van der Waals surface area contributed by atoms with Crippen molar-refractivity contribution in [3.63, 3.8) is 0 Å². The Labute approximate surface area is 125 Å². The molecule has 0 radical (unpaired) electrons. The van der Waals surface area contributed by atoms with Crippen molar-refractivity contribution >= 4 is 5.91 Å². The largest absolute Gasteiger partial charge is 0.490 e. The van der Waals surface area contributed by atoms with Gasteiger partial charge in [0, 0.05) is 25.3 Å². The van der Waals surface area contributed by atoms with E-state index < -0.39 is 0 Å². The van der Waals surface area contributed by atoms with Gasteiger partial charge in [-0.1, -0.05) is 24.3 Å². The maximum absolute atomic E-state index is 12.1. The molecule has 1 aromatic carbocycles. The Kier molecular flexibility index (Phi) is 5.36. The van der Waals surface area contributed by atoms with Gasteiger partial charge in [-0.15, -0.1) is 0 Å². The van der Waals surface area contributed by atoms with Crippen LogP contribution in [0, 0.1) is 0 Å². The normalized spacial score (nSPS) is 21.1. The van der Waals surface area contributed by atoms with Crippen LogP contribution in [-0.4, -0.2) is 51.3 Å². The van der Waals surface area contributed by atoms with Crippen molar-refractivity contribution in [2.24, 2.45) is 0 Å². The van der Waals surface area contributed by atoms with E-state index in [1.54, 1.807) is 13.2 Å². The van der Waals surface area contributed by atoms with Crippen molar-refractivity contribution in [3.05, 3.63) is 42.0 Å². The van der Waals surface area contributed by atoms with E-state index in [1.807, 2.05) is 49.3 Å². The van der Waals surface area contributed by atoms with Crippen LogP contribution in [-0.2, 0) is 9.53 Å². The second kappa shape index (κ2) is 7.24. The molecule has 1 N–H and O–H groups in total. The number of nitrogens with zero attached hydrogens (tertiary/aromatic N) is 1. The van der Waals surface area contributed by atoms with Crippen molar-refractivity contribution in [1.82, 2.24) is 10.2 Å². The van der Waals surface area contributed by atoms with E-state index >= 15 is 0 Å². The van der Waals surface area contributed by atoms with Gasteiger partial charge in [0.15, 0.2) is 0 Å². The van der Waals surface area contributed by atoms with Crippen molar-refractivity contribution in [1.29, 1.82) is 0 Å². The minimum absolute atomic E-state index is 0.124. The summed E-state index contributed by atoms with van der Waals surface area (Å²) in [5.74, 6) is 0.675. The summed E-state index contributed by atoms with van der Waals surface area (Å²) in [5, 5.41) is 3.00. The van der Waals surface area contributed by atoms with Crippen molar-refractivity contribution in [2.45, 2.75) is 12.1 Å². The van der Waals surface area contributed by atoms with E-state index in [1.165, 1.54) is 0 Å². The summed E-state index contributed by atoms with van der Waals surface area (Å²) < 4.78 is 11.1. The molecule has 0 aromatic heterocycles. The topological polar surface area (TPSA) is 50.8 Å². The van der Waals surface area contributed by atoms with Crippen LogP contribution in [0.4, 0.5) is 0 Å². The summed E-state index contributed by atoms with van der Waals surface area (Å²) in [5.41, 5.74) is 0.949. The number of carbonyl (C=O) groups is 1. The Morgan fingerprint density at radius 3 is 2.95 bits per heavy atom. The zero-order valence-corrected chi connectivity index (χ0v) is 12.7. The number of fused-ring (bicyclic) bond motifs is 1. The first-order valence-electron chi connectivity index (χ1n) is 6.98. The zero-order chi connectivity index (χ0) is 15.2. The van der Waals surface area contributed by atoms with Gasteiger partial charge in [-0.25, -0.2) is 0 Å². The molecule has 2 unspecified atom stereocenters. The smallest absolute Gasteiger partial charge is 0.244 e. The molecular formula is C16H22N2O3. The molecule has 114 valence electrons. The van der Waals surface area contributed by atoms with Crippen LogP contribution in [0.5, 0.6) is 5.75 Å². The fourth-order valence-corrected chi connectivity index (χ4v) is 2.28. The van der Waals surface area contributed by atoms with Crippen LogP contribution < -0.4 is 10.1 Å². The van der Waals surface area contributed by atoms with E-state index in [2.05, 4.69) is 5.32 Å². The highest BCUT2D eigenvalue weighted by molar-refractivity contribution is 5.88. The third-order valence-corrected chi connectivity index (χ3v) is 3.37. The molecule has 0 spiro atoms. The number of rotatable bonds is 5. The molecule has 2 atom stereocenters. The van der Waals surface area contributed by atoms with Gasteiger partial charge in [-0.2, -0.15) is 0 Å². The molecule has 0 bridgehead atoms. The molecular weight excluding hydrogens is 268 g/mol. The molecule has 1 aromatic rings.